The highest BCUT2D eigenvalue weighted by Gasteiger charge is 2.27. The lowest BCUT2D eigenvalue weighted by atomic mass is 10.0. The van der Waals surface area contributed by atoms with Gasteiger partial charge >= 0.3 is 0 Å². The molecule has 36 heavy (non-hydrogen) atoms. The first-order chi connectivity index (χ1) is 17.2. The van der Waals surface area contributed by atoms with Crippen molar-refractivity contribution in [2.75, 3.05) is 6.54 Å². The second-order valence-electron chi connectivity index (χ2n) is 8.23. The molecule has 0 aliphatic heterocycles. The van der Waals surface area contributed by atoms with Gasteiger partial charge in [-0.2, -0.15) is 9.41 Å². The number of nitrogens with one attached hydrogen (secondary N) is 1. The van der Waals surface area contributed by atoms with Gasteiger partial charge in [-0.15, -0.1) is 0 Å². The summed E-state index contributed by atoms with van der Waals surface area (Å²) in [7, 11) is -4.00. The normalized spacial score (nSPS) is 11.9. The van der Waals surface area contributed by atoms with E-state index in [9.17, 15) is 18.3 Å². The van der Waals surface area contributed by atoms with Gasteiger partial charge in [-0.3, -0.25) is 4.79 Å². The van der Waals surface area contributed by atoms with E-state index in [1.165, 1.54) is 18.3 Å². The number of amides is 1. The van der Waals surface area contributed by atoms with Gasteiger partial charge in [-0.05, 0) is 53.6 Å². The Morgan fingerprint density at radius 2 is 1.78 bits per heavy atom. The molecule has 0 aromatic heterocycles. The van der Waals surface area contributed by atoms with Crippen LogP contribution in [-0.2, 0) is 21.4 Å². The summed E-state index contributed by atoms with van der Waals surface area (Å²) in [5.41, 5.74) is 4.36. The summed E-state index contributed by atoms with van der Waals surface area (Å²) in [5.74, 6) is -0.625. The molecule has 9 heteroatoms. The van der Waals surface area contributed by atoms with E-state index in [0.29, 0.717) is 16.1 Å². The molecule has 0 bridgehead atoms. The fourth-order valence-electron chi connectivity index (χ4n) is 3.71. The van der Waals surface area contributed by atoms with E-state index in [0.717, 1.165) is 20.6 Å². The number of benzene rings is 4. The summed E-state index contributed by atoms with van der Waals surface area (Å²) < 4.78 is 27.9. The molecule has 0 heterocycles. The highest BCUT2D eigenvalue weighted by molar-refractivity contribution is 7.89. The molecule has 0 aliphatic rings. The number of hydrazone groups is 1. The van der Waals surface area contributed by atoms with E-state index < -0.39 is 22.5 Å². The number of carbonyl (C=O) groups is 1. The summed E-state index contributed by atoms with van der Waals surface area (Å²) >= 11 is 6.08. The first-order valence-corrected chi connectivity index (χ1v) is 12.9. The molecule has 0 saturated carbocycles. The number of aryl methyl sites for hydroxylation is 1. The van der Waals surface area contributed by atoms with E-state index in [-0.39, 0.29) is 17.2 Å². The van der Waals surface area contributed by atoms with E-state index in [2.05, 4.69) is 10.5 Å². The Hall–Kier alpha value is -3.72. The van der Waals surface area contributed by atoms with Crippen LogP contribution >= 0.6 is 11.6 Å². The van der Waals surface area contributed by atoms with E-state index in [4.69, 9.17) is 11.6 Å². The maximum atomic E-state index is 13.4. The van der Waals surface area contributed by atoms with E-state index in [1.54, 1.807) is 48.5 Å². The molecular formula is C27H24ClN3O4S. The van der Waals surface area contributed by atoms with Crippen LogP contribution in [0, 0.1) is 6.92 Å². The van der Waals surface area contributed by atoms with Crippen LogP contribution in [0.15, 0.2) is 94.9 Å². The van der Waals surface area contributed by atoms with Gasteiger partial charge in [-0.25, -0.2) is 13.8 Å². The van der Waals surface area contributed by atoms with Crippen LogP contribution in [0.3, 0.4) is 0 Å². The number of fused-ring (bicyclic) bond motifs is 1. The third-order valence-corrected chi connectivity index (χ3v) is 7.60. The second-order valence-corrected chi connectivity index (χ2v) is 10.6. The average Bonchev–Trinajstić information content (AvgIpc) is 2.85. The average molecular weight is 522 g/mol. The van der Waals surface area contributed by atoms with Crippen molar-refractivity contribution >= 4 is 44.5 Å². The molecule has 0 spiro atoms. The van der Waals surface area contributed by atoms with Gasteiger partial charge in [0, 0.05) is 17.1 Å². The van der Waals surface area contributed by atoms with Gasteiger partial charge in [0.25, 0.3) is 5.91 Å². The van der Waals surface area contributed by atoms with E-state index >= 15 is 0 Å². The third kappa shape index (κ3) is 5.91. The van der Waals surface area contributed by atoms with Crippen molar-refractivity contribution in [1.29, 1.82) is 0 Å². The number of nitrogens with zero attached hydrogens (tertiary/aromatic N) is 2. The third-order valence-electron chi connectivity index (χ3n) is 5.56. The molecule has 0 aliphatic carbocycles. The number of hydrogen-bond donors (Lipinski definition) is 2. The monoisotopic (exact) mass is 521 g/mol. The molecule has 7 nitrogen and oxygen atoms in total. The zero-order valence-corrected chi connectivity index (χ0v) is 21.0. The zero-order chi connectivity index (χ0) is 25.7. The molecule has 0 radical (unpaired) electrons. The fraction of sp³-hybridized carbons (Fsp3) is 0.111. The van der Waals surface area contributed by atoms with Crippen molar-refractivity contribution in [3.63, 3.8) is 0 Å². The van der Waals surface area contributed by atoms with Gasteiger partial charge in [0.15, 0.2) is 0 Å². The summed E-state index contributed by atoms with van der Waals surface area (Å²) in [6, 6.07) is 24.0. The molecule has 4 aromatic rings. The molecule has 184 valence electrons. The van der Waals surface area contributed by atoms with Gasteiger partial charge < -0.3 is 5.11 Å². The smallest absolute Gasteiger partial charge is 0.255 e. The number of halogens is 1. The Labute approximate surface area is 214 Å². The first kappa shape index (κ1) is 25.4. The Kier molecular flexibility index (Phi) is 7.69. The quantitative estimate of drug-likeness (QED) is 0.256. The van der Waals surface area contributed by atoms with Crippen molar-refractivity contribution in [3.8, 4) is 5.75 Å². The summed E-state index contributed by atoms with van der Waals surface area (Å²) in [5, 5.41) is 16.4. The predicted octanol–water partition coefficient (Wildman–Crippen LogP) is 4.85. The predicted molar refractivity (Wildman–Crippen MR) is 142 cm³/mol. The minimum atomic E-state index is -4.00. The number of rotatable bonds is 8. The SMILES string of the molecule is Cc1ccc(S(=O)(=O)N(CC(=O)N/N=C\c2c(O)ccc3ccccc23)Cc2cccc(Cl)c2)cc1. The molecule has 0 fully saturated rings. The molecule has 4 rings (SSSR count). The lowest BCUT2D eigenvalue weighted by Crippen LogP contribution is -2.39. The maximum Gasteiger partial charge on any atom is 0.255 e. The van der Waals surface area contributed by atoms with Crippen molar-refractivity contribution in [1.82, 2.24) is 9.73 Å². The van der Waals surface area contributed by atoms with Crippen molar-refractivity contribution in [3.05, 3.63) is 107 Å². The molecule has 2 N–H and O–H groups in total. The molecular weight excluding hydrogens is 498 g/mol. The van der Waals surface area contributed by atoms with Crippen LogP contribution in [0.2, 0.25) is 5.02 Å². The molecule has 4 aromatic carbocycles. The number of hydrogen-bond acceptors (Lipinski definition) is 5. The Bertz CT molecular complexity index is 1540. The van der Waals surface area contributed by atoms with Crippen LogP contribution in [0.1, 0.15) is 16.7 Å². The lowest BCUT2D eigenvalue weighted by Gasteiger charge is -2.21. The largest absolute Gasteiger partial charge is 0.507 e. The van der Waals surface area contributed by atoms with Crippen LogP contribution in [-0.4, -0.2) is 36.5 Å². The molecule has 1 amide bonds. The van der Waals surface area contributed by atoms with Crippen molar-refractivity contribution in [2.24, 2.45) is 5.10 Å². The number of aromatic hydroxyl groups is 1. The summed E-state index contributed by atoms with van der Waals surface area (Å²) in [4.78, 5) is 12.8. The number of phenolic OH excluding ortho intramolecular Hbond substituents is 1. The van der Waals surface area contributed by atoms with Crippen LogP contribution < -0.4 is 5.43 Å². The molecule has 0 saturated heterocycles. The van der Waals surface area contributed by atoms with E-state index in [1.807, 2.05) is 31.2 Å². The van der Waals surface area contributed by atoms with Crippen LogP contribution in [0.25, 0.3) is 10.8 Å². The number of phenols is 1. The van der Waals surface area contributed by atoms with Gasteiger partial charge in [0.1, 0.15) is 5.75 Å². The highest BCUT2D eigenvalue weighted by atomic mass is 35.5. The maximum absolute atomic E-state index is 13.4. The highest BCUT2D eigenvalue weighted by Crippen LogP contribution is 2.25. The lowest BCUT2D eigenvalue weighted by molar-refractivity contribution is -0.121. The minimum Gasteiger partial charge on any atom is -0.507 e. The van der Waals surface area contributed by atoms with Gasteiger partial charge in [0.2, 0.25) is 10.0 Å². The number of sulfonamides is 1. The second kappa shape index (κ2) is 10.9. The molecule has 0 unspecified atom stereocenters. The Balaban J connectivity index is 1.56. The summed E-state index contributed by atoms with van der Waals surface area (Å²) in [6.07, 6.45) is 1.34. The summed E-state index contributed by atoms with van der Waals surface area (Å²) in [6.45, 7) is 1.33. The van der Waals surface area contributed by atoms with Gasteiger partial charge in [-0.1, -0.05) is 71.8 Å². The van der Waals surface area contributed by atoms with Crippen LogP contribution in [0.5, 0.6) is 5.75 Å². The Morgan fingerprint density at radius 3 is 2.53 bits per heavy atom. The zero-order valence-electron chi connectivity index (χ0n) is 19.4. The number of carbonyl (C=O) groups excluding carboxylic acids is 1. The Morgan fingerprint density at radius 1 is 1.03 bits per heavy atom. The van der Waals surface area contributed by atoms with Crippen LogP contribution in [0.4, 0.5) is 0 Å². The minimum absolute atomic E-state index is 0.0104. The standard InChI is InChI=1S/C27H24ClN3O4S/c1-19-9-12-23(13-10-19)36(34,35)31(17-20-5-4-7-22(28)15-20)18-27(33)30-29-16-25-24-8-3-2-6-21(24)11-14-26(25)32/h2-16,32H,17-18H2,1H3,(H,30,33)/b29-16-. The van der Waals surface area contributed by atoms with Crippen molar-refractivity contribution in [2.45, 2.75) is 18.4 Å². The van der Waals surface area contributed by atoms with Crippen molar-refractivity contribution < 1.29 is 18.3 Å². The fourth-order valence-corrected chi connectivity index (χ4v) is 5.31. The topological polar surface area (TPSA) is 99.1 Å². The molecule has 0 atom stereocenters. The van der Waals surface area contributed by atoms with Gasteiger partial charge in [0.05, 0.1) is 17.7 Å². The first-order valence-electron chi connectivity index (χ1n) is 11.1.